The Labute approximate surface area is 109 Å². The number of hydrogen-bond donors (Lipinski definition) is 0. The molecule has 92 valence electrons. The predicted molar refractivity (Wildman–Crippen MR) is 67.1 cm³/mol. The van der Waals surface area contributed by atoms with Crippen LogP contribution in [-0.2, 0) is 6.54 Å². The van der Waals surface area contributed by atoms with Gasteiger partial charge in [-0.15, -0.1) is 0 Å². The average molecular weight is 263 g/mol. The number of halogens is 1. The van der Waals surface area contributed by atoms with Crippen molar-refractivity contribution in [1.29, 1.82) is 0 Å². The predicted octanol–water partition coefficient (Wildman–Crippen LogP) is 1.80. The number of rotatable bonds is 3. The van der Waals surface area contributed by atoms with Gasteiger partial charge in [0.15, 0.2) is 0 Å². The van der Waals surface area contributed by atoms with Crippen molar-refractivity contribution in [2.45, 2.75) is 6.54 Å². The lowest BCUT2D eigenvalue weighted by Crippen LogP contribution is -2.26. The molecule has 1 amide bonds. The van der Waals surface area contributed by atoms with E-state index in [4.69, 9.17) is 11.6 Å². The van der Waals surface area contributed by atoms with Crippen LogP contribution in [-0.4, -0.2) is 32.8 Å². The van der Waals surface area contributed by atoms with Crippen molar-refractivity contribution in [2.75, 3.05) is 7.05 Å². The highest BCUT2D eigenvalue weighted by molar-refractivity contribution is 6.30. The smallest absolute Gasteiger partial charge is 0.255 e. The van der Waals surface area contributed by atoms with E-state index in [2.05, 4.69) is 15.0 Å². The molecule has 0 aromatic carbocycles. The Morgan fingerprint density at radius 1 is 1.28 bits per heavy atom. The molecule has 0 aliphatic heterocycles. The summed E-state index contributed by atoms with van der Waals surface area (Å²) in [6, 6.07) is 1.59. The van der Waals surface area contributed by atoms with Gasteiger partial charge in [0.2, 0.25) is 0 Å². The summed E-state index contributed by atoms with van der Waals surface area (Å²) in [5.74, 6) is -0.157. The Bertz CT molecular complexity index is 547. The maximum absolute atomic E-state index is 12.1. The molecule has 0 aliphatic rings. The summed E-state index contributed by atoms with van der Waals surface area (Å²) in [7, 11) is 1.69. The average Bonchev–Trinajstić information content (AvgIpc) is 2.39. The monoisotopic (exact) mass is 262 g/mol. The maximum Gasteiger partial charge on any atom is 0.255 e. The zero-order valence-corrected chi connectivity index (χ0v) is 10.5. The van der Waals surface area contributed by atoms with Gasteiger partial charge in [-0.05, 0) is 6.07 Å². The highest BCUT2D eigenvalue weighted by Crippen LogP contribution is 2.11. The minimum Gasteiger partial charge on any atom is -0.336 e. The van der Waals surface area contributed by atoms with Gasteiger partial charge in [-0.25, -0.2) is 0 Å². The van der Waals surface area contributed by atoms with Gasteiger partial charge >= 0.3 is 0 Å². The van der Waals surface area contributed by atoms with Crippen molar-refractivity contribution in [1.82, 2.24) is 19.9 Å². The van der Waals surface area contributed by atoms with Crippen molar-refractivity contribution in [3.8, 4) is 0 Å². The first-order chi connectivity index (χ1) is 8.66. The topological polar surface area (TPSA) is 59.0 Å². The quantitative estimate of drug-likeness (QED) is 0.846. The van der Waals surface area contributed by atoms with E-state index in [0.717, 1.165) is 5.69 Å². The van der Waals surface area contributed by atoms with Gasteiger partial charge in [0.25, 0.3) is 5.91 Å². The molecule has 18 heavy (non-hydrogen) atoms. The summed E-state index contributed by atoms with van der Waals surface area (Å²) in [5.41, 5.74) is 1.18. The SMILES string of the molecule is CN(Cc1cnccn1)C(=O)c1cncc(Cl)c1. The highest BCUT2D eigenvalue weighted by Gasteiger charge is 2.13. The number of carbonyl (C=O) groups is 1. The molecule has 0 bridgehead atoms. The molecule has 0 unspecified atom stereocenters. The highest BCUT2D eigenvalue weighted by atomic mass is 35.5. The van der Waals surface area contributed by atoms with Crippen LogP contribution in [0.4, 0.5) is 0 Å². The molecule has 0 saturated carbocycles. The summed E-state index contributed by atoms with van der Waals surface area (Å²) in [6.45, 7) is 0.388. The summed E-state index contributed by atoms with van der Waals surface area (Å²) in [6.07, 6.45) is 7.78. The van der Waals surface area contributed by atoms with E-state index in [1.165, 1.54) is 17.3 Å². The molecule has 5 nitrogen and oxygen atoms in total. The van der Waals surface area contributed by atoms with Crippen LogP contribution >= 0.6 is 11.6 Å². The van der Waals surface area contributed by atoms with Crippen LogP contribution in [0.1, 0.15) is 16.1 Å². The van der Waals surface area contributed by atoms with E-state index in [1.807, 2.05) is 0 Å². The van der Waals surface area contributed by atoms with E-state index < -0.39 is 0 Å². The number of aromatic nitrogens is 3. The van der Waals surface area contributed by atoms with Crippen LogP contribution in [0.5, 0.6) is 0 Å². The fraction of sp³-hybridized carbons (Fsp3) is 0.167. The van der Waals surface area contributed by atoms with Crippen LogP contribution in [0.3, 0.4) is 0 Å². The fourth-order valence-electron chi connectivity index (χ4n) is 1.48. The van der Waals surface area contributed by atoms with Crippen LogP contribution in [0, 0.1) is 0 Å². The Morgan fingerprint density at radius 2 is 2.11 bits per heavy atom. The van der Waals surface area contributed by atoms with Crippen molar-refractivity contribution in [3.63, 3.8) is 0 Å². The Morgan fingerprint density at radius 3 is 2.78 bits per heavy atom. The normalized spacial score (nSPS) is 10.1. The van der Waals surface area contributed by atoms with E-state index in [0.29, 0.717) is 17.1 Å². The maximum atomic E-state index is 12.1. The van der Waals surface area contributed by atoms with Gasteiger partial charge in [0.1, 0.15) is 0 Å². The number of hydrogen-bond acceptors (Lipinski definition) is 4. The molecule has 0 saturated heterocycles. The second-order valence-electron chi connectivity index (χ2n) is 3.75. The first kappa shape index (κ1) is 12.4. The van der Waals surface area contributed by atoms with E-state index in [9.17, 15) is 4.79 Å². The second-order valence-corrected chi connectivity index (χ2v) is 4.19. The molecule has 0 atom stereocenters. The van der Waals surface area contributed by atoms with E-state index >= 15 is 0 Å². The second kappa shape index (κ2) is 5.55. The van der Waals surface area contributed by atoms with Crippen LogP contribution in [0.15, 0.2) is 37.1 Å². The van der Waals surface area contributed by atoms with Crippen LogP contribution in [0.25, 0.3) is 0 Å². The molecule has 0 N–H and O–H groups in total. The lowest BCUT2D eigenvalue weighted by Gasteiger charge is -2.16. The third-order valence-electron chi connectivity index (χ3n) is 2.31. The molecule has 6 heteroatoms. The lowest BCUT2D eigenvalue weighted by atomic mass is 10.2. The van der Waals surface area contributed by atoms with E-state index in [-0.39, 0.29) is 5.91 Å². The summed E-state index contributed by atoms with van der Waals surface area (Å²) in [5, 5.41) is 0.439. The Hall–Kier alpha value is -2.01. The standard InChI is InChI=1S/C12H11ClN4O/c1-17(8-11-7-14-2-3-16-11)12(18)9-4-10(13)6-15-5-9/h2-7H,8H2,1H3. The van der Waals surface area contributed by atoms with Gasteiger partial charge in [-0.1, -0.05) is 11.6 Å². The molecular weight excluding hydrogens is 252 g/mol. The molecule has 0 aliphatic carbocycles. The zero-order chi connectivity index (χ0) is 13.0. The molecule has 2 aromatic rings. The van der Waals surface area contributed by atoms with Gasteiger partial charge in [0, 0.05) is 31.8 Å². The molecular formula is C12H11ClN4O. The van der Waals surface area contributed by atoms with Crippen LogP contribution < -0.4 is 0 Å². The molecule has 0 spiro atoms. The molecule has 2 rings (SSSR count). The van der Waals surface area contributed by atoms with Crippen molar-refractivity contribution in [3.05, 3.63) is 53.3 Å². The Kier molecular flexibility index (Phi) is 3.84. The lowest BCUT2D eigenvalue weighted by molar-refractivity contribution is 0.0783. The van der Waals surface area contributed by atoms with Gasteiger partial charge in [-0.2, -0.15) is 0 Å². The van der Waals surface area contributed by atoms with Gasteiger partial charge in [0.05, 0.1) is 29.0 Å². The summed E-state index contributed by atoms with van der Waals surface area (Å²) >= 11 is 5.80. The first-order valence-corrected chi connectivity index (χ1v) is 5.65. The molecule has 0 fully saturated rings. The van der Waals surface area contributed by atoms with Gasteiger partial charge in [-0.3, -0.25) is 19.7 Å². The third-order valence-corrected chi connectivity index (χ3v) is 2.52. The molecule has 0 radical (unpaired) electrons. The minimum atomic E-state index is -0.157. The van der Waals surface area contributed by atoms with E-state index in [1.54, 1.807) is 31.7 Å². The van der Waals surface area contributed by atoms with Crippen molar-refractivity contribution in [2.24, 2.45) is 0 Å². The largest absolute Gasteiger partial charge is 0.336 e. The fourth-order valence-corrected chi connectivity index (χ4v) is 1.65. The number of nitrogens with zero attached hydrogens (tertiary/aromatic N) is 4. The number of carbonyl (C=O) groups excluding carboxylic acids is 1. The number of amides is 1. The van der Waals surface area contributed by atoms with Crippen molar-refractivity contribution >= 4 is 17.5 Å². The van der Waals surface area contributed by atoms with Crippen LogP contribution in [0.2, 0.25) is 5.02 Å². The number of pyridine rings is 1. The Balaban J connectivity index is 2.10. The zero-order valence-electron chi connectivity index (χ0n) is 9.75. The molecule has 2 heterocycles. The summed E-state index contributed by atoms with van der Waals surface area (Å²) < 4.78 is 0. The van der Waals surface area contributed by atoms with Gasteiger partial charge < -0.3 is 4.90 Å². The third kappa shape index (κ3) is 3.01. The van der Waals surface area contributed by atoms with Crippen molar-refractivity contribution < 1.29 is 4.79 Å². The summed E-state index contributed by atoms with van der Waals surface area (Å²) in [4.78, 5) is 25.6. The molecule has 2 aromatic heterocycles. The minimum absolute atomic E-state index is 0.157. The first-order valence-electron chi connectivity index (χ1n) is 5.28.